The average Bonchev–Trinajstić information content (AvgIpc) is 2.76. The van der Waals surface area contributed by atoms with Crippen LogP contribution in [0, 0.1) is 0 Å². The van der Waals surface area contributed by atoms with E-state index < -0.39 is 11.7 Å². The fourth-order valence-electron chi connectivity index (χ4n) is 2.33. The van der Waals surface area contributed by atoms with Gasteiger partial charge in [-0.3, -0.25) is 20.6 Å². The Kier molecular flexibility index (Phi) is 6.70. The van der Waals surface area contributed by atoms with Crippen molar-refractivity contribution in [2.24, 2.45) is 10.2 Å². The van der Waals surface area contributed by atoms with Gasteiger partial charge in [0.2, 0.25) is 5.84 Å². The standard InChI is InChI=1S/C19H23N9O3/c1-19(2,3)31-18(30)23-10-9-22-17(29)12-5-6-13(24-11-12)14-25-27-16(28-26-14)15-20-7-4-8-21-15/h4-8,11H,9-10H2,1-3H3,(H,22,29)(H,23,30)(H,25,26)(H,27,28). The molecule has 0 unspecified atom stereocenters. The van der Waals surface area contributed by atoms with Gasteiger partial charge in [0.15, 0.2) is 11.7 Å². The molecule has 2 amide bonds. The number of amidine groups is 2. The number of alkyl carbamates (subject to hydrolysis) is 1. The maximum absolute atomic E-state index is 12.2. The minimum atomic E-state index is -0.573. The Bertz CT molecular complexity index is 983. The predicted molar refractivity (Wildman–Crippen MR) is 112 cm³/mol. The minimum absolute atomic E-state index is 0.240. The van der Waals surface area contributed by atoms with Gasteiger partial charge in [-0.05, 0) is 39.0 Å². The summed E-state index contributed by atoms with van der Waals surface area (Å²) in [6, 6.07) is 4.96. The van der Waals surface area contributed by atoms with E-state index >= 15 is 0 Å². The number of nitrogens with zero attached hydrogens (tertiary/aromatic N) is 5. The monoisotopic (exact) mass is 425 g/mol. The van der Waals surface area contributed by atoms with Crippen molar-refractivity contribution in [2.45, 2.75) is 26.4 Å². The Hall–Kier alpha value is -4.09. The molecule has 31 heavy (non-hydrogen) atoms. The van der Waals surface area contributed by atoms with E-state index in [-0.39, 0.29) is 19.0 Å². The number of nitrogens with one attached hydrogen (secondary N) is 4. The SMILES string of the molecule is CC(C)(C)OC(=O)NCCNC(=O)c1ccc(C2=NNC(c3ncccn3)=NN2)nc1. The Morgan fingerprint density at radius 1 is 0.968 bits per heavy atom. The Morgan fingerprint density at radius 2 is 1.65 bits per heavy atom. The molecule has 1 aliphatic rings. The van der Waals surface area contributed by atoms with Crippen molar-refractivity contribution in [1.82, 2.24) is 36.4 Å². The number of hydrogen-bond acceptors (Lipinski definition) is 10. The highest BCUT2D eigenvalue weighted by molar-refractivity contribution is 6.04. The fraction of sp³-hybridized carbons (Fsp3) is 0.316. The summed E-state index contributed by atoms with van der Waals surface area (Å²) in [7, 11) is 0. The van der Waals surface area contributed by atoms with Crippen molar-refractivity contribution in [3.63, 3.8) is 0 Å². The molecule has 4 N–H and O–H groups in total. The molecule has 0 aromatic carbocycles. The number of rotatable bonds is 6. The molecule has 12 nitrogen and oxygen atoms in total. The number of ether oxygens (including phenoxy) is 1. The smallest absolute Gasteiger partial charge is 0.407 e. The van der Waals surface area contributed by atoms with Crippen LogP contribution in [-0.4, -0.2) is 57.3 Å². The molecule has 1 aliphatic heterocycles. The summed E-state index contributed by atoms with van der Waals surface area (Å²) in [5, 5.41) is 13.6. The molecule has 12 heteroatoms. The molecule has 0 saturated heterocycles. The zero-order chi connectivity index (χ0) is 22.3. The summed E-state index contributed by atoms with van der Waals surface area (Å²) in [4.78, 5) is 36.2. The van der Waals surface area contributed by atoms with E-state index in [1.165, 1.54) is 6.20 Å². The molecule has 0 aliphatic carbocycles. The zero-order valence-electron chi connectivity index (χ0n) is 17.3. The first kappa shape index (κ1) is 21.6. The highest BCUT2D eigenvalue weighted by atomic mass is 16.6. The third-order valence-electron chi connectivity index (χ3n) is 3.67. The van der Waals surface area contributed by atoms with Crippen LogP contribution in [0.2, 0.25) is 0 Å². The van der Waals surface area contributed by atoms with Crippen LogP contribution in [0.15, 0.2) is 47.0 Å². The number of aromatic nitrogens is 3. The van der Waals surface area contributed by atoms with Crippen LogP contribution in [-0.2, 0) is 4.74 Å². The van der Waals surface area contributed by atoms with Gasteiger partial charge in [0.1, 0.15) is 11.3 Å². The van der Waals surface area contributed by atoms with Crippen LogP contribution in [0.1, 0.15) is 42.6 Å². The second kappa shape index (κ2) is 9.61. The van der Waals surface area contributed by atoms with Crippen LogP contribution >= 0.6 is 0 Å². The first-order chi connectivity index (χ1) is 14.8. The normalized spacial score (nSPS) is 13.1. The molecule has 0 atom stereocenters. The Labute approximate surface area is 178 Å². The molecular weight excluding hydrogens is 402 g/mol. The molecule has 2 aromatic heterocycles. The molecule has 0 bridgehead atoms. The quantitative estimate of drug-likeness (QED) is 0.483. The first-order valence-corrected chi connectivity index (χ1v) is 9.48. The lowest BCUT2D eigenvalue weighted by atomic mass is 10.2. The molecule has 162 valence electrons. The Morgan fingerprint density at radius 3 is 2.26 bits per heavy atom. The van der Waals surface area contributed by atoms with E-state index in [0.29, 0.717) is 28.8 Å². The molecule has 0 saturated carbocycles. The minimum Gasteiger partial charge on any atom is -0.444 e. The zero-order valence-corrected chi connectivity index (χ0v) is 17.3. The highest BCUT2D eigenvalue weighted by Gasteiger charge is 2.16. The molecule has 2 aromatic rings. The number of amides is 2. The predicted octanol–water partition coefficient (Wildman–Crippen LogP) is 0.342. The number of carbonyl (C=O) groups is 2. The molecular formula is C19H23N9O3. The second-order valence-corrected chi connectivity index (χ2v) is 7.33. The van der Waals surface area contributed by atoms with E-state index in [2.05, 4.69) is 46.6 Å². The van der Waals surface area contributed by atoms with E-state index in [9.17, 15) is 9.59 Å². The highest BCUT2D eigenvalue weighted by Crippen LogP contribution is 2.06. The maximum atomic E-state index is 12.2. The van der Waals surface area contributed by atoms with E-state index in [1.807, 2.05) is 0 Å². The van der Waals surface area contributed by atoms with Gasteiger partial charge in [-0.2, -0.15) is 10.2 Å². The van der Waals surface area contributed by atoms with Crippen LogP contribution in [0.4, 0.5) is 4.79 Å². The van der Waals surface area contributed by atoms with Gasteiger partial charge in [-0.25, -0.2) is 14.8 Å². The molecule has 0 spiro atoms. The van der Waals surface area contributed by atoms with Gasteiger partial charge in [0.05, 0.1) is 5.56 Å². The summed E-state index contributed by atoms with van der Waals surface area (Å²) in [5.74, 6) is 0.843. The lowest BCUT2D eigenvalue weighted by molar-refractivity contribution is 0.0526. The molecule has 3 heterocycles. The average molecular weight is 425 g/mol. The number of carbonyl (C=O) groups excluding carboxylic acids is 2. The first-order valence-electron chi connectivity index (χ1n) is 9.48. The van der Waals surface area contributed by atoms with Crippen LogP contribution in [0.3, 0.4) is 0 Å². The van der Waals surface area contributed by atoms with Crippen LogP contribution in [0.5, 0.6) is 0 Å². The summed E-state index contributed by atoms with van der Waals surface area (Å²) >= 11 is 0. The van der Waals surface area contributed by atoms with Gasteiger partial charge < -0.3 is 15.4 Å². The van der Waals surface area contributed by atoms with Gasteiger partial charge in [-0.1, -0.05) is 0 Å². The summed E-state index contributed by atoms with van der Waals surface area (Å²) in [6.45, 7) is 5.82. The van der Waals surface area contributed by atoms with Crippen molar-refractivity contribution >= 4 is 23.7 Å². The van der Waals surface area contributed by atoms with Crippen molar-refractivity contribution in [3.05, 3.63) is 53.9 Å². The molecule has 0 radical (unpaired) electrons. The van der Waals surface area contributed by atoms with E-state index in [4.69, 9.17) is 4.74 Å². The largest absolute Gasteiger partial charge is 0.444 e. The van der Waals surface area contributed by atoms with Crippen LogP contribution < -0.4 is 21.5 Å². The van der Waals surface area contributed by atoms with E-state index in [1.54, 1.807) is 51.4 Å². The number of hydrogen-bond donors (Lipinski definition) is 4. The van der Waals surface area contributed by atoms with Crippen molar-refractivity contribution in [2.75, 3.05) is 13.1 Å². The third kappa shape index (κ3) is 6.45. The van der Waals surface area contributed by atoms with Crippen molar-refractivity contribution < 1.29 is 14.3 Å². The lowest BCUT2D eigenvalue weighted by Crippen LogP contribution is -2.38. The third-order valence-corrected chi connectivity index (χ3v) is 3.67. The summed E-state index contributed by atoms with van der Waals surface area (Å²) in [6.07, 6.45) is 4.09. The number of hydrazone groups is 2. The summed E-state index contributed by atoms with van der Waals surface area (Å²) in [5.41, 5.74) is 5.83. The summed E-state index contributed by atoms with van der Waals surface area (Å²) < 4.78 is 5.12. The Balaban J connectivity index is 1.46. The fourth-order valence-corrected chi connectivity index (χ4v) is 2.33. The van der Waals surface area contributed by atoms with Gasteiger partial charge in [0, 0.05) is 31.7 Å². The van der Waals surface area contributed by atoms with Gasteiger partial charge in [0.25, 0.3) is 5.91 Å². The number of pyridine rings is 1. The topological polar surface area (TPSA) is 155 Å². The van der Waals surface area contributed by atoms with E-state index in [0.717, 1.165) is 0 Å². The van der Waals surface area contributed by atoms with Gasteiger partial charge >= 0.3 is 6.09 Å². The molecule has 3 rings (SSSR count). The van der Waals surface area contributed by atoms with Crippen LogP contribution in [0.25, 0.3) is 0 Å². The second-order valence-electron chi connectivity index (χ2n) is 7.33. The lowest BCUT2D eigenvalue weighted by Gasteiger charge is -2.19. The van der Waals surface area contributed by atoms with Crippen molar-refractivity contribution in [1.29, 1.82) is 0 Å². The van der Waals surface area contributed by atoms with Gasteiger partial charge in [-0.15, -0.1) is 0 Å². The molecule has 0 fully saturated rings. The maximum Gasteiger partial charge on any atom is 0.407 e. The van der Waals surface area contributed by atoms with Crippen molar-refractivity contribution in [3.8, 4) is 0 Å².